The first-order valence-electron chi connectivity index (χ1n) is 7.46. The first kappa shape index (κ1) is 14.1. The van der Waals surface area contributed by atoms with Crippen molar-refractivity contribution in [3.8, 4) is 17.0 Å². The average Bonchev–Trinajstić information content (AvgIpc) is 2.81. The normalized spacial score (nSPS) is 15.8. The van der Waals surface area contributed by atoms with Crippen LogP contribution in [0.25, 0.3) is 11.3 Å². The number of H-pyrrole nitrogens is 1. The van der Waals surface area contributed by atoms with Crippen LogP contribution < -0.4 is 4.74 Å². The van der Waals surface area contributed by atoms with Crippen LogP contribution in [0.2, 0.25) is 0 Å². The molecule has 1 N–H and O–H groups in total. The molecule has 2 aromatic rings. The van der Waals surface area contributed by atoms with Crippen LogP contribution in [-0.4, -0.2) is 34.3 Å². The molecule has 1 aromatic carbocycles. The zero-order valence-corrected chi connectivity index (χ0v) is 13.2. The van der Waals surface area contributed by atoms with Gasteiger partial charge in [0.25, 0.3) is 0 Å². The van der Waals surface area contributed by atoms with Crippen molar-refractivity contribution in [2.75, 3.05) is 13.6 Å². The third kappa shape index (κ3) is 3.10. The lowest BCUT2D eigenvalue weighted by Gasteiger charge is -2.22. The van der Waals surface area contributed by atoms with Gasteiger partial charge in [-0.3, -0.25) is 5.10 Å². The minimum Gasteiger partial charge on any atom is -0.488 e. The molecule has 21 heavy (non-hydrogen) atoms. The van der Waals surface area contributed by atoms with Crippen LogP contribution >= 0.6 is 0 Å². The highest BCUT2D eigenvalue weighted by Crippen LogP contribution is 2.29. The van der Waals surface area contributed by atoms with Crippen molar-refractivity contribution in [2.24, 2.45) is 0 Å². The third-order valence-electron chi connectivity index (χ3n) is 3.68. The Balaban J connectivity index is 1.87. The van der Waals surface area contributed by atoms with E-state index < -0.39 is 0 Å². The van der Waals surface area contributed by atoms with Crippen LogP contribution in [0, 0.1) is 0 Å². The lowest BCUT2D eigenvalue weighted by molar-refractivity contribution is 0.131. The van der Waals surface area contributed by atoms with E-state index in [1.165, 1.54) is 11.3 Å². The number of aromatic amines is 1. The molecule has 0 atom stereocenters. The van der Waals surface area contributed by atoms with Gasteiger partial charge in [0, 0.05) is 36.3 Å². The molecule has 2 heterocycles. The van der Waals surface area contributed by atoms with Gasteiger partial charge in [-0.15, -0.1) is 0 Å². The molecule has 0 saturated carbocycles. The average molecular weight is 285 g/mol. The second kappa shape index (κ2) is 5.19. The maximum absolute atomic E-state index is 5.87. The summed E-state index contributed by atoms with van der Waals surface area (Å²) in [5.41, 5.74) is 4.64. The van der Waals surface area contributed by atoms with E-state index in [1.54, 1.807) is 0 Å². The summed E-state index contributed by atoms with van der Waals surface area (Å²) in [6.45, 7) is 8.22. The molecule has 1 aliphatic rings. The topological polar surface area (TPSA) is 41.2 Å². The van der Waals surface area contributed by atoms with Crippen molar-refractivity contribution in [2.45, 2.75) is 39.3 Å². The van der Waals surface area contributed by atoms with Gasteiger partial charge in [0.05, 0.1) is 5.69 Å². The summed E-state index contributed by atoms with van der Waals surface area (Å²) < 4.78 is 5.87. The minimum atomic E-state index is -0.171. The molecule has 0 aliphatic carbocycles. The molecule has 112 valence electrons. The first-order valence-corrected chi connectivity index (χ1v) is 7.46. The van der Waals surface area contributed by atoms with Gasteiger partial charge < -0.3 is 9.64 Å². The van der Waals surface area contributed by atoms with Gasteiger partial charge in [-0.1, -0.05) is 0 Å². The van der Waals surface area contributed by atoms with E-state index in [0.29, 0.717) is 0 Å². The van der Waals surface area contributed by atoms with Crippen LogP contribution in [-0.2, 0) is 13.0 Å². The number of hydrogen-bond acceptors (Lipinski definition) is 3. The van der Waals surface area contributed by atoms with Crippen molar-refractivity contribution in [1.29, 1.82) is 0 Å². The molecular formula is C17H23N3O. The Labute approximate surface area is 126 Å². The molecule has 0 spiro atoms. The molecule has 4 heteroatoms. The number of rotatable bonds is 2. The van der Waals surface area contributed by atoms with Gasteiger partial charge in [-0.25, -0.2) is 0 Å². The molecule has 0 amide bonds. The third-order valence-corrected chi connectivity index (χ3v) is 3.68. The van der Waals surface area contributed by atoms with Gasteiger partial charge in [0.1, 0.15) is 11.4 Å². The number of benzene rings is 1. The Morgan fingerprint density at radius 3 is 2.57 bits per heavy atom. The lowest BCUT2D eigenvalue weighted by atomic mass is 10.0. The van der Waals surface area contributed by atoms with E-state index in [4.69, 9.17) is 4.74 Å². The van der Waals surface area contributed by atoms with E-state index in [0.717, 1.165) is 36.5 Å². The van der Waals surface area contributed by atoms with E-state index in [-0.39, 0.29) is 5.60 Å². The summed E-state index contributed by atoms with van der Waals surface area (Å²) in [4.78, 5) is 2.33. The van der Waals surface area contributed by atoms with Crippen molar-refractivity contribution in [3.05, 3.63) is 35.5 Å². The second-order valence-corrected chi connectivity index (χ2v) is 6.76. The predicted octanol–water partition coefficient (Wildman–Crippen LogP) is 3.24. The van der Waals surface area contributed by atoms with Gasteiger partial charge in [-0.05, 0) is 52.1 Å². The second-order valence-electron chi connectivity index (χ2n) is 6.76. The van der Waals surface area contributed by atoms with Crippen LogP contribution in [0.3, 0.4) is 0 Å². The molecule has 0 radical (unpaired) electrons. The Morgan fingerprint density at radius 1 is 1.19 bits per heavy atom. The molecule has 0 saturated heterocycles. The molecule has 0 fully saturated rings. The van der Waals surface area contributed by atoms with Crippen molar-refractivity contribution in [3.63, 3.8) is 0 Å². The number of ether oxygens (including phenoxy) is 1. The van der Waals surface area contributed by atoms with Crippen LogP contribution in [0.5, 0.6) is 5.75 Å². The smallest absolute Gasteiger partial charge is 0.120 e. The number of likely N-dealkylation sites (N-methyl/N-ethyl adjacent to an activating group) is 1. The highest BCUT2D eigenvalue weighted by molar-refractivity contribution is 5.65. The fraction of sp³-hybridized carbons (Fsp3) is 0.471. The van der Waals surface area contributed by atoms with Crippen LogP contribution in [0.15, 0.2) is 24.3 Å². The summed E-state index contributed by atoms with van der Waals surface area (Å²) in [6, 6.07) is 8.22. The quantitative estimate of drug-likeness (QED) is 0.921. The molecular weight excluding hydrogens is 262 g/mol. The molecule has 1 aliphatic heterocycles. The van der Waals surface area contributed by atoms with E-state index in [2.05, 4.69) is 55.0 Å². The monoisotopic (exact) mass is 285 g/mol. The first-order chi connectivity index (χ1) is 9.92. The summed E-state index contributed by atoms with van der Waals surface area (Å²) >= 11 is 0. The maximum Gasteiger partial charge on any atom is 0.120 e. The molecule has 1 aromatic heterocycles. The predicted molar refractivity (Wildman–Crippen MR) is 84.4 cm³/mol. The highest BCUT2D eigenvalue weighted by Gasteiger charge is 2.20. The fourth-order valence-corrected chi connectivity index (χ4v) is 2.70. The lowest BCUT2D eigenvalue weighted by Crippen LogP contribution is -2.26. The van der Waals surface area contributed by atoms with Crippen molar-refractivity contribution in [1.82, 2.24) is 15.1 Å². The summed E-state index contributed by atoms with van der Waals surface area (Å²) in [7, 11) is 2.15. The largest absolute Gasteiger partial charge is 0.488 e. The Kier molecular flexibility index (Phi) is 3.49. The number of nitrogens with one attached hydrogen (secondary N) is 1. The minimum absolute atomic E-state index is 0.171. The number of nitrogens with zero attached hydrogens (tertiary/aromatic N) is 2. The highest BCUT2D eigenvalue weighted by atomic mass is 16.5. The van der Waals surface area contributed by atoms with E-state index in [9.17, 15) is 0 Å². The maximum atomic E-state index is 5.87. The van der Waals surface area contributed by atoms with Gasteiger partial charge in [-0.2, -0.15) is 5.10 Å². The Bertz CT molecular complexity index is 622. The molecule has 0 bridgehead atoms. The van der Waals surface area contributed by atoms with Crippen LogP contribution in [0.4, 0.5) is 0 Å². The summed E-state index contributed by atoms with van der Waals surface area (Å²) in [5.74, 6) is 0.896. The Hall–Kier alpha value is -1.81. The fourth-order valence-electron chi connectivity index (χ4n) is 2.70. The van der Waals surface area contributed by atoms with Crippen molar-refractivity contribution < 1.29 is 4.74 Å². The summed E-state index contributed by atoms with van der Waals surface area (Å²) in [6.07, 6.45) is 1.05. The molecule has 0 unspecified atom stereocenters. The molecule has 4 nitrogen and oxygen atoms in total. The summed E-state index contributed by atoms with van der Waals surface area (Å²) in [5, 5.41) is 7.70. The van der Waals surface area contributed by atoms with E-state index in [1.807, 2.05) is 12.1 Å². The standard InChI is InChI=1S/C17H23N3O/c1-17(2,3)21-13-7-5-12(6-8-13)16-14-11-20(4)10-9-15(14)18-19-16/h5-8H,9-11H2,1-4H3,(H,18,19). The number of aromatic nitrogens is 2. The van der Waals surface area contributed by atoms with Crippen LogP contribution in [0.1, 0.15) is 32.0 Å². The van der Waals surface area contributed by atoms with Gasteiger partial charge in [0.15, 0.2) is 0 Å². The Morgan fingerprint density at radius 2 is 1.90 bits per heavy atom. The zero-order chi connectivity index (χ0) is 15.0. The van der Waals surface area contributed by atoms with E-state index >= 15 is 0 Å². The number of fused-ring (bicyclic) bond motifs is 1. The SMILES string of the molecule is CN1CCc2[nH]nc(-c3ccc(OC(C)(C)C)cc3)c2C1. The molecule has 3 rings (SSSR count). The van der Waals surface area contributed by atoms with Crippen molar-refractivity contribution >= 4 is 0 Å². The number of hydrogen-bond donors (Lipinski definition) is 1. The van der Waals surface area contributed by atoms with Gasteiger partial charge in [0.2, 0.25) is 0 Å². The van der Waals surface area contributed by atoms with Gasteiger partial charge >= 0.3 is 0 Å². The zero-order valence-electron chi connectivity index (χ0n) is 13.2.